The Morgan fingerprint density at radius 3 is 2.83 bits per heavy atom. The number of amides is 2. The van der Waals surface area contributed by atoms with Crippen LogP contribution in [-0.4, -0.2) is 34.5 Å². The molecule has 2 atom stereocenters. The van der Waals surface area contributed by atoms with Crippen LogP contribution >= 0.6 is 23.4 Å². The highest BCUT2D eigenvalue weighted by molar-refractivity contribution is 8.00. The van der Waals surface area contributed by atoms with E-state index in [0.717, 1.165) is 22.9 Å². The summed E-state index contributed by atoms with van der Waals surface area (Å²) in [6.07, 6.45) is 1.17. The van der Waals surface area contributed by atoms with Gasteiger partial charge >= 0.3 is 6.03 Å². The molecule has 0 unspecified atom stereocenters. The quantitative estimate of drug-likeness (QED) is 0.905. The number of benzene rings is 1. The van der Waals surface area contributed by atoms with Crippen molar-refractivity contribution in [1.82, 2.24) is 10.2 Å². The number of thioether (sulfide) groups is 1. The minimum Gasteiger partial charge on any atom is -0.334 e. The first-order valence-corrected chi connectivity index (χ1v) is 7.55. The van der Waals surface area contributed by atoms with Gasteiger partial charge in [0.05, 0.1) is 0 Å². The van der Waals surface area contributed by atoms with Gasteiger partial charge in [-0.15, -0.1) is 0 Å². The molecule has 0 aliphatic carbocycles. The number of carbonyl (C=O) groups excluding carboxylic acids is 1. The summed E-state index contributed by atoms with van der Waals surface area (Å²) < 4.78 is 0. The van der Waals surface area contributed by atoms with E-state index < -0.39 is 0 Å². The zero-order valence-corrected chi connectivity index (χ0v) is 11.5. The molecule has 0 saturated carbocycles. The van der Waals surface area contributed by atoms with Crippen molar-refractivity contribution in [1.29, 1.82) is 0 Å². The molecule has 2 bridgehead atoms. The minimum absolute atomic E-state index is 0.0674. The summed E-state index contributed by atoms with van der Waals surface area (Å²) in [4.78, 5) is 14.0. The van der Waals surface area contributed by atoms with E-state index in [0.29, 0.717) is 17.8 Å². The smallest absolute Gasteiger partial charge is 0.317 e. The van der Waals surface area contributed by atoms with Gasteiger partial charge in [0.2, 0.25) is 0 Å². The number of likely N-dealkylation sites (tertiary alicyclic amines) is 1. The third-order valence-electron chi connectivity index (χ3n) is 3.52. The lowest BCUT2D eigenvalue weighted by molar-refractivity contribution is 0.195. The molecule has 0 radical (unpaired) electrons. The molecule has 2 saturated heterocycles. The largest absolute Gasteiger partial charge is 0.334 e. The van der Waals surface area contributed by atoms with Crippen LogP contribution in [0.5, 0.6) is 0 Å². The van der Waals surface area contributed by atoms with Crippen molar-refractivity contribution in [3.05, 3.63) is 34.9 Å². The van der Waals surface area contributed by atoms with Gasteiger partial charge in [-0.25, -0.2) is 4.79 Å². The molecule has 1 N–H and O–H groups in total. The molecule has 3 rings (SSSR count). The van der Waals surface area contributed by atoms with Crippen molar-refractivity contribution < 1.29 is 4.79 Å². The molecule has 18 heavy (non-hydrogen) atoms. The Morgan fingerprint density at radius 2 is 2.22 bits per heavy atom. The van der Waals surface area contributed by atoms with E-state index in [-0.39, 0.29) is 6.03 Å². The molecular weight excluding hydrogens is 268 g/mol. The number of fused-ring (bicyclic) bond motifs is 2. The number of hydrogen-bond donors (Lipinski definition) is 1. The van der Waals surface area contributed by atoms with Crippen LogP contribution in [0.3, 0.4) is 0 Å². The predicted octanol–water partition coefficient (Wildman–Crippen LogP) is 2.74. The second kappa shape index (κ2) is 5.02. The van der Waals surface area contributed by atoms with Gasteiger partial charge in [-0.05, 0) is 24.1 Å². The topological polar surface area (TPSA) is 32.3 Å². The monoisotopic (exact) mass is 282 g/mol. The molecular formula is C13H15ClN2OS. The van der Waals surface area contributed by atoms with Gasteiger partial charge in [-0.1, -0.05) is 23.7 Å². The van der Waals surface area contributed by atoms with E-state index in [1.54, 1.807) is 0 Å². The van der Waals surface area contributed by atoms with Crippen LogP contribution in [0.25, 0.3) is 0 Å². The second-order valence-electron chi connectivity index (χ2n) is 4.78. The molecule has 0 spiro atoms. The van der Waals surface area contributed by atoms with Gasteiger partial charge in [-0.2, -0.15) is 11.8 Å². The van der Waals surface area contributed by atoms with E-state index in [4.69, 9.17) is 11.6 Å². The Hall–Kier alpha value is -0.870. The number of urea groups is 1. The van der Waals surface area contributed by atoms with Gasteiger partial charge in [0.15, 0.2) is 0 Å². The number of halogens is 1. The fourth-order valence-corrected chi connectivity index (χ4v) is 4.09. The lowest BCUT2D eigenvalue weighted by atomic mass is 10.2. The highest BCUT2D eigenvalue weighted by Gasteiger charge is 2.40. The molecule has 96 valence electrons. The summed E-state index contributed by atoms with van der Waals surface area (Å²) in [5.41, 5.74) is 1.08. The standard InChI is InChI=1S/C13H15ClN2OS/c14-10-3-1-9(2-4-10)6-15-13(17)16-7-12-5-11(16)8-18-12/h1-4,11-12H,5-8H2,(H,15,17)/t11-,12+/m0/s1. The Bertz CT molecular complexity index is 451. The van der Waals surface area contributed by atoms with Crippen LogP contribution in [-0.2, 0) is 6.54 Å². The molecule has 0 aromatic heterocycles. The number of nitrogens with one attached hydrogen (secondary N) is 1. The average molecular weight is 283 g/mol. The number of carbonyl (C=O) groups is 1. The Balaban J connectivity index is 1.54. The summed E-state index contributed by atoms with van der Waals surface area (Å²) >= 11 is 7.82. The fraction of sp³-hybridized carbons (Fsp3) is 0.462. The summed E-state index contributed by atoms with van der Waals surface area (Å²) in [5, 5.41) is 4.36. The van der Waals surface area contributed by atoms with Crippen LogP contribution in [0.1, 0.15) is 12.0 Å². The zero-order valence-electron chi connectivity index (χ0n) is 9.93. The number of nitrogens with zero attached hydrogens (tertiary/aromatic N) is 1. The van der Waals surface area contributed by atoms with Gasteiger partial charge in [0.25, 0.3) is 0 Å². The van der Waals surface area contributed by atoms with E-state index in [1.807, 2.05) is 40.9 Å². The van der Waals surface area contributed by atoms with Crippen LogP contribution in [0.15, 0.2) is 24.3 Å². The summed E-state index contributed by atoms with van der Waals surface area (Å²) in [7, 11) is 0. The van der Waals surface area contributed by atoms with Crippen LogP contribution in [0, 0.1) is 0 Å². The highest BCUT2D eigenvalue weighted by atomic mass is 35.5. The van der Waals surface area contributed by atoms with E-state index in [9.17, 15) is 4.79 Å². The third-order valence-corrected chi connectivity index (χ3v) is 5.16. The molecule has 2 aliphatic rings. The molecule has 1 aromatic carbocycles. The third kappa shape index (κ3) is 2.45. The first kappa shape index (κ1) is 12.2. The number of hydrogen-bond acceptors (Lipinski definition) is 2. The molecule has 2 aliphatic heterocycles. The van der Waals surface area contributed by atoms with Gasteiger partial charge in [0, 0.05) is 35.2 Å². The van der Waals surface area contributed by atoms with E-state index in [2.05, 4.69) is 5.32 Å². The molecule has 5 heteroatoms. The van der Waals surface area contributed by atoms with Crippen molar-refractivity contribution in [2.75, 3.05) is 12.3 Å². The SMILES string of the molecule is O=C(NCc1ccc(Cl)cc1)N1C[C@H]2C[C@H]1CS2. The lowest BCUT2D eigenvalue weighted by Gasteiger charge is -2.26. The minimum atomic E-state index is 0.0674. The predicted molar refractivity (Wildman–Crippen MR) is 75.0 cm³/mol. The van der Waals surface area contributed by atoms with Crippen molar-refractivity contribution in [3.63, 3.8) is 0 Å². The van der Waals surface area contributed by atoms with Crippen molar-refractivity contribution in [3.8, 4) is 0 Å². The van der Waals surface area contributed by atoms with E-state index in [1.165, 1.54) is 6.42 Å². The zero-order chi connectivity index (χ0) is 12.5. The maximum absolute atomic E-state index is 12.1. The van der Waals surface area contributed by atoms with Crippen molar-refractivity contribution in [2.45, 2.75) is 24.3 Å². The summed E-state index contributed by atoms with van der Waals surface area (Å²) in [5.74, 6) is 1.10. The van der Waals surface area contributed by atoms with Crippen molar-refractivity contribution >= 4 is 29.4 Å². The maximum atomic E-state index is 12.1. The second-order valence-corrected chi connectivity index (χ2v) is 6.55. The Labute approximate surface area is 116 Å². The normalized spacial score (nSPS) is 25.5. The Kier molecular flexibility index (Phi) is 3.39. The Morgan fingerprint density at radius 1 is 1.44 bits per heavy atom. The fourth-order valence-electron chi connectivity index (χ4n) is 2.53. The maximum Gasteiger partial charge on any atom is 0.317 e. The first-order chi connectivity index (χ1) is 8.72. The van der Waals surface area contributed by atoms with Gasteiger partial charge in [0.1, 0.15) is 0 Å². The molecule has 2 heterocycles. The summed E-state index contributed by atoms with van der Waals surface area (Å²) in [6, 6.07) is 8.08. The van der Waals surface area contributed by atoms with Crippen LogP contribution < -0.4 is 5.32 Å². The summed E-state index contributed by atoms with van der Waals surface area (Å²) in [6.45, 7) is 1.47. The first-order valence-electron chi connectivity index (χ1n) is 6.13. The molecule has 1 aromatic rings. The highest BCUT2D eigenvalue weighted by Crippen LogP contribution is 2.37. The molecule has 2 amide bonds. The number of rotatable bonds is 2. The van der Waals surface area contributed by atoms with Gasteiger partial charge < -0.3 is 10.2 Å². The average Bonchev–Trinajstić information content (AvgIpc) is 3.00. The lowest BCUT2D eigenvalue weighted by Crippen LogP contribution is -2.45. The van der Waals surface area contributed by atoms with E-state index >= 15 is 0 Å². The van der Waals surface area contributed by atoms with Crippen molar-refractivity contribution in [2.24, 2.45) is 0 Å². The van der Waals surface area contributed by atoms with Crippen LogP contribution in [0.2, 0.25) is 5.02 Å². The van der Waals surface area contributed by atoms with Gasteiger partial charge in [-0.3, -0.25) is 0 Å². The molecule has 3 nitrogen and oxygen atoms in total. The van der Waals surface area contributed by atoms with Crippen LogP contribution in [0.4, 0.5) is 4.79 Å². The molecule has 2 fully saturated rings.